The van der Waals surface area contributed by atoms with Crippen LogP contribution in [0.2, 0.25) is 0 Å². The van der Waals surface area contributed by atoms with Crippen molar-refractivity contribution < 1.29 is 18.3 Å². The largest absolute Gasteiger partial charge is 0.487 e. The third kappa shape index (κ3) is 5.70. The number of ether oxygens (including phenoxy) is 1. The Hall–Kier alpha value is -2.85. The van der Waals surface area contributed by atoms with Crippen LogP contribution in [0.5, 0.6) is 5.75 Å². The molecular formula is C26H32N4O4S. The summed E-state index contributed by atoms with van der Waals surface area (Å²) < 4.78 is 35.2. The molecule has 0 aliphatic carbocycles. The Labute approximate surface area is 207 Å². The fraction of sp³-hybridized carbons (Fsp3) is 0.385. The van der Waals surface area contributed by atoms with E-state index >= 15 is 0 Å². The normalized spacial score (nSPS) is 20.9. The van der Waals surface area contributed by atoms with Crippen LogP contribution < -0.4 is 4.74 Å². The standard InChI is InChI=1S/C26H32N4O4S/c1-19-14-30(20(2)17-31)35(32,33)26-10-9-23(22-7-5-4-6-8-22)11-24(26)34-25(19)16-29(3)15-21-12-27-18-28-13-21/h4-13,18-20,25,31H,14-17H2,1-3H3/t19-,20-,25-/m0/s1. The van der Waals surface area contributed by atoms with E-state index in [2.05, 4.69) is 14.9 Å². The molecule has 8 nitrogen and oxygen atoms in total. The fourth-order valence-corrected chi connectivity index (χ4v) is 6.17. The van der Waals surface area contributed by atoms with Gasteiger partial charge in [-0.05, 0) is 37.2 Å². The molecule has 3 atom stereocenters. The summed E-state index contributed by atoms with van der Waals surface area (Å²) in [4.78, 5) is 10.4. The van der Waals surface area contributed by atoms with Gasteiger partial charge in [0.2, 0.25) is 10.0 Å². The molecule has 1 N–H and O–H groups in total. The maximum absolute atomic E-state index is 13.7. The molecule has 0 unspecified atom stereocenters. The minimum Gasteiger partial charge on any atom is -0.487 e. The van der Waals surface area contributed by atoms with Crippen molar-refractivity contribution in [3.63, 3.8) is 0 Å². The van der Waals surface area contributed by atoms with E-state index in [1.54, 1.807) is 37.5 Å². The molecule has 0 spiro atoms. The fourth-order valence-electron chi connectivity index (χ4n) is 4.35. The second kappa shape index (κ2) is 10.8. The Morgan fingerprint density at radius 1 is 1.14 bits per heavy atom. The van der Waals surface area contributed by atoms with Crippen LogP contribution in [0.4, 0.5) is 0 Å². The quantitative estimate of drug-likeness (QED) is 0.537. The lowest BCUT2D eigenvalue weighted by molar-refractivity contribution is 0.0733. The molecule has 186 valence electrons. The summed E-state index contributed by atoms with van der Waals surface area (Å²) in [5.41, 5.74) is 2.84. The number of nitrogens with zero attached hydrogens (tertiary/aromatic N) is 4. The molecule has 3 aromatic rings. The van der Waals surface area contributed by atoms with Crippen LogP contribution >= 0.6 is 0 Å². The summed E-state index contributed by atoms with van der Waals surface area (Å²) in [5.74, 6) is 0.205. The Morgan fingerprint density at radius 2 is 1.86 bits per heavy atom. The first-order chi connectivity index (χ1) is 16.8. The van der Waals surface area contributed by atoms with Crippen LogP contribution in [0, 0.1) is 5.92 Å². The first-order valence-corrected chi connectivity index (χ1v) is 13.1. The molecule has 35 heavy (non-hydrogen) atoms. The highest BCUT2D eigenvalue weighted by atomic mass is 32.2. The number of fused-ring (bicyclic) bond motifs is 1. The summed E-state index contributed by atoms with van der Waals surface area (Å²) in [5, 5.41) is 9.83. The van der Waals surface area contributed by atoms with E-state index in [4.69, 9.17) is 4.74 Å². The predicted octanol–water partition coefficient (Wildman–Crippen LogP) is 3.04. The summed E-state index contributed by atoms with van der Waals surface area (Å²) in [6, 6.07) is 14.5. The molecule has 4 rings (SSSR count). The van der Waals surface area contributed by atoms with Gasteiger partial charge in [0.1, 0.15) is 23.1 Å². The van der Waals surface area contributed by atoms with Crippen molar-refractivity contribution in [3.05, 3.63) is 72.8 Å². The van der Waals surface area contributed by atoms with E-state index in [1.165, 1.54) is 10.6 Å². The lowest BCUT2D eigenvalue weighted by atomic mass is 10.0. The van der Waals surface area contributed by atoms with Crippen LogP contribution in [0.15, 0.2) is 72.1 Å². The lowest BCUT2D eigenvalue weighted by Gasteiger charge is -2.37. The zero-order chi connectivity index (χ0) is 25.0. The Kier molecular flexibility index (Phi) is 7.81. The molecule has 0 fully saturated rings. The molecule has 1 aromatic heterocycles. The second-order valence-electron chi connectivity index (χ2n) is 9.21. The van der Waals surface area contributed by atoms with E-state index in [-0.39, 0.29) is 30.1 Å². The molecule has 0 bridgehead atoms. The highest BCUT2D eigenvalue weighted by Gasteiger charge is 2.38. The minimum absolute atomic E-state index is 0.119. The van der Waals surface area contributed by atoms with E-state index < -0.39 is 16.1 Å². The molecular weight excluding hydrogens is 464 g/mol. The van der Waals surface area contributed by atoms with Gasteiger partial charge in [0.25, 0.3) is 0 Å². The number of sulfonamides is 1. The number of aromatic nitrogens is 2. The molecule has 2 aromatic carbocycles. The van der Waals surface area contributed by atoms with Crippen LogP contribution in [-0.2, 0) is 16.6 Å². The van der Waals surface area contributed by atoms with Gasteiger partial charge in [-0.25, -0.2) is 18.4 Å². The van der Waals surface area contributed by atoms with Gasteiger partial charge in [0, 0.05) is 49.6 Å². The summed E-state index contributed by atoms with van der Waals surface area (Å²) in [7, 11) is -1.87. The first kappa shape index (κ1) is 25.2. The van der Waals surface area contributed by atoms with Crippen LogP contribution in [0.3, 0.4) is 0 Å². The Balaban J connectivity index is 1.72. The van der Waals surface area contributed by atoms with Gasteiger partial charge in [-0.1, -0.05) is 43.3 Å². The number of likely N-dealkylation sites (N-methyl/N-ethyl adjacent to an activating group) is 1. The highest BCUT2D eigenvalue weighted by Crippen LogP contribution is 2.36. The van der Waals surface area contributed by atoms with Gasteiger partial charge in [0.15, 0.2) is 0 Å². The minimum atomic E-state index is -3.87. The molecule has 0 saturated carbocycles. The van der Waals surface area contributed by atoms with Gasteiger partial charge in [0.05, 0.1) is 6.61 Å². The van der Waals surface area contributed by atoms with Crippen LogP contribution in [-0.4, -0.2) is 71.6 Å². The van der Waals surface area contributed by atoms with Crippen LogP contribution in [0.1, 0.15) is 19.4 Å². The van der Waals surface area contributed by atoms with Gasteiger partial charge in [-0.15, -0.1) is 0 Å². The number of rotatable bonds is 7. The predicted molar refractivity (Wildman–Crippen MR) is 134 cm³/mol. The summed E-state index contributed by atoms with van der Waals surface area (Å²) >= 11 is 0. The number of aliphatic hydroxyl groups is 1. The van der Waals surface area contributed by atoms with Gasteiger partial charge in [-0.2, -0.15) is 4.31 Å². The summed E-state index contributed by atoms with van der Waals surface area (Å²) in [6.45, 7) is 4.91. The van der Waals surface area contributed by atoms with Crippen molar-refractivity contribution in [3.8, 4) is 16.9 Å². The van der Waals surface area contributed by atoms with Crippen molar-refractivity contribution in [2.75, 3.05) is 26.7 Å². The Morgan fingerprint density at radius 3 is 2.54 bits per heavy atom. The molecule has 9 heteroatoms. The Bertz CT molecular complexity index is 1220. The maximum atomic E-state index is 13.7. The SMILES string of the molecule is C[C@H]1CN([C@@H](C)CO)S(=O)(=O)c2ccc(-c3ccccc3)cc2O[C@H]1CN(C)Cc1cncnc1. The number of hydrogen-bond acceptors (Lipinski definition) is 7. The third-order valence-corrected chi connectivity index (χ3v) is 8.35. The molecule has 0 radical (unpaired) electrons. The number of benzene rings is 2. The highest BCUT2D eigenvalue weighted by molar-refractivity contribution is 7.89. The smallest absolute Gasteiger partial charge is 0.247 e. The van der Waals surface area contributed by atoms with Crippen molar-refractivity contribution >= 4 is 10.0 Å². The van der Waals surface area contributed by atoms with E-state index in [0.29, 0.717) is 18.8 Å². The average Bonchev–Trinajstić information content (AvgIpc) is 2.86. The lowest BCUT2D eigenvalue weighted by Crippen LogP contribution is -2.49. The van der Waals surface area contributed by atoms with Crippen molar-refractivity contribution in [2.45, 2.75) is 37.4 Å². The van der Waals surface area contributed by atoms with E-state index in [9.17, 15) is 13.5 Å². The maximum Gasteiger partial charge on any atom is 0.247 e. The van der Waals surface area contributed by atoms with Crippen molar-refractivity contribution in [1.82, 2.24) is 19.2 Å². The molecule has 1 aliphatic heterocycles. The van der Waals surface area contributed by atoms with Gasteiger partial charge < -0.3 is 9.84 Å². The van der Waals surface area contributed by atoms with Crippen molar-refractivity contribution in [2.24, 2.45) is 5.92 Å². The summed E-state index contributed by atoms with van der Waals surface area (Å²) in [6.07, 6.45) is 4.79. The first-order valence-electron chi connectivity index (χ1n) is 11.7. The molecule has 0 amide bonds. The van der Waals surface area contributed by atoms with Gasteiger partial charge >= 0.3 is 0 Å². The monoisotopic (exact) mass is 496 g/mol. The number of aliphatic hydroxyl groups excluding tert-OH is 1. The van der Waals surface area contributed by atoms with Gasteiger partial charge in [-0.3, -0.25) is 4.90 Å². The zero-order valence-corrected chi connectivity index (χ0v) is 21.1. The number of hydrogen-bond donors (Lipinski definition) is 1. The van der Waals surface area contributed by atoms with E-state index in [0.717, 1.165) is 16.7 Å². The molecule has 1 aliphatic rings. The zero-order valence-electron chi connectivity index (χ0n) is 20.3. The van der Waals surface area contributed by atoms with Crippen molar-refractivity contribution in [1.29, 1.82) is 0 Å². The topological polar surface area (TPSA) is 95.9 Å². The third-order valence-electron chi connectivity index (χ3n) is 6.33. The van der Waals surface area contributed by atoms with E-state index in [1.807, 2.05) is 44.3 Å². The molecule has 2 heterocycles. The van der Waals surface area contributed by atoms with Crippen LogP contribution in [0.25, 0.3) is 11.1 Å². The second-order valence-corrected chi connectivity index (χ2v) is 11.1. The molecule has 0 saturated heterocycles. The average molecular weight is 497 g/mol.